The van der Waals surface area contributed by atoms with Crippen molar-refractivity contribution < 1.29 is 13.2 Å². The Balaban J connectivity index is 1.57. The van der Waals surface area contributed by atoms with Gasteiger partial charge in [-0.25, -0.2) is 8.42 Å². The predicted octanol–water partition coefficient (Wildman–Crippen LogP) is 4.75. The number of aryl methyl sites for hydroxylation is 1. The molecule has 28 heavy (non-hydrogen) atoms. The molecule has 0 saturated carbocycles. The number of hydrogen-bond acceptors (Lipinski definition) is 4. The second kappa shape index (κ2) is 9.22. The number of sulfonamides is 1. The van der Waals surface area contributed by atoms with Crippen LogP contribution in [0.4, 0.5) is 0 Å². The van der Waals surface area contributed by atoms with Crippen LogP contribution in [-0.2, 0) is 21.2 Å². The average Bonchev–Trinajstić information content (AvgIpc) is 2.66. The summed E-state index contributed by atoms with van der Waals surface area (Å²) in [6.45, 7) is 0.610. The number of aromatic nitrogens is 1. The SMILES string of the molecule is O=C(CCc1ccc(Br)cn1)C1CCN(S(=O)(=O)c2cc(Cl)cc(Cl)c2)CC1. The predicted molar refractivity (Wildman–Crippen MR) is 113 cm³/mol. The van der Waals surface area contributed by atoms with Gasteiger partial charge in [0, 0.05) is 51.8 Å². The fourth-order valence-electron chi connectivity index (χ4n) is 3.25. The number of Topliss-reactive ketones (excluding diaryl/α,β-unsaturated/α-hetero) is 1. The molecule has 3 rings (SSSR count). The van der Waals surface area contributed by atoms with E-state index in [0.717, 1.165) is 10.2 Å². The fraction of sp³-hybridized carbons (Fsp3) is 0.368. The van der Waals surface area contributed by atoms with Crippen molar-refractivity contribution in [1.29, 1.82) is 0 Å². The van der Waals surface area contributed by atoms with Crippen molar-refractivity contribution in [3.8, 4) is 0 Å². The minimum atomic E-state index is -3.68. The van der Waals surface area contributed by atoms with Crippen LogP contribution in [0.1, 0.15) is 25.0 Å². The quantitative estimate of drug-likeness (QED) is 0.567. The molecule has 1 aliphatic rings. The van der Waals surface area contributed by atoms with Gasteiger partial charge in [-0.15, -0.1) is 0 Å². The molecular weight excluding hydrogens is 487 g/mol. The van der Waals surface area contributed by atoms with Crippen LogP contribution in [0.2, 0.25) is 10.0 Å². The Morgan fingerprint density at radius 3 is 2.36 bits per heavy atom. The molecule has 0 unspecified atom stereocenters. The van der Waals surface area contributed by atoms with E-state index in [1.165, 1.54) is 22.5 Å². The average molecular weight is 506 g/mol. The summed E-state index contributed by atoms with van der Waals surface area (Å²) < 4.78 is 27.9. The molecule has 0 bridgehead atoms. The number of benzene rings is 1. The molecule has 0 radical (unpaired) electrons. The highest BCUT2D eigenvalue weighted by molar-refractivity contribution is 9.10. The molecule has 1 saturated heterocycles. The zero-order valence-corrected chi connectivity index (χ0v) is 18.9. The van der Waals surface area contributed by atoms with Crippen LogP contribution < -0.4 is 0 Å². The highest BCUT2D eigenvalue weighted by Crippen LogP contribution is 2.28. The third kappa shape index (κ3) is 5.33. The summed E-state index contributed by atoms with van der Waals surface area (Å²) in [7, 11) is -3.68. The smallest absolute Gasteiger partial charge is 0.243 e. The summed E-state index contributed by atoms with van der Waals surface area (Å²) in [5.74, 6) is 0.0393. The Morgan fingerprint density at radius 1 is 1.14 bits per heavy atom. The maximum Gasteiger partial charge on any atom is 0.243 e. The van der Waals surface area contributed by atoms with Crippen LogP contribution in [0.25, 0.3) is 0 Å². The molecule has 0 atom stereocenters. The number of ketones is 1. The van der Waals surface area contributed by atoms with Crippen LogP contribution in [-0.4, -0.2) is 36.6 Å². The maximum atomic E-state index is 12.8. The van der Waals surface area contributed by atoms with Crippen molar-refractivity contribution in [2.45, 2.75) is 30.6 Å². The summed E-state index contributed by atoms with van der Waals surface area (Å²) in [4.78, 5) is 16.9. The summed E-state index contributed by atoms with van der Waals surface area (Å²) >= 11 is 15.2. The number of carbonyl (C=O) groups excluding carboxylic acids is 1. The number of rotatable bonds is 6. The lowest BCUT2D eigenvalue weighted by molar-refractivity contribution is -0.123. The van der Waals surface area contributed by atoms with Crippen LogP contribution >= 0.6 is 39.1 Å². The molecule has 1 aliphatic heterocycles. The van der Waals surface area contributed by atoms with E-state index >= 15 is 0 Å². The lowest BCUT2D eigenvalue weighted by Gasteiger charge is -2.30. The Kier molecular flexibility index (Phi) is 7.15. The number of piperidine rings is 1. The minimum Gasteiger partial charge on any atom is -0.299 e. The molecular formula is C19H19BrCl2N2O3S. The summed E-state index contributed by atoms with van der Waals surface area (Å²) in [6.07, 6.45) is 3.74. The Labute approximate surface area is 183 Å². The van der Waals surface area contributed by atoms with E-state index in [1.807, 2.05) is 12.1 Å². The largest absolute Gasteiger partial charge is 0.299 e. The molecule has 2 heterocycles. The van der Waals surface area contributed by atoms with Gasteiger partial charge in [0.1, 0.15) is 5.78 Å². The van der Waals surface area contributed by atoms with Crippen molar-refractivity contribution in [1.82, 2.24) is 9.29 Å². The zero-order valence-electron chi connectivity index (χ0n) is 14.9. The highest BCUT2D eigenvalue weighted by atomic mass is 79.9. The highest BCUT2D eigenvalue weighted by Gasteiger charge is 2.32. The van der Waals surface area contributed by atoms with E-state index in [2.05, 4.69) is 20.9 Å². The minimum absolute atomic E-state index is 0.0797. The third-order valence-electron chi connectivity index (χ3n) is 4.80. The van der Waals surface area contributed by atoms with Gasteiger partial charge in [-0.2, -0.15) is 4.31 Å². The van der Waals surface area contributed by atoms with Crippen molar-refractivity contribution >= 4 is 54.9 Å². The normalized spacial score (nSPS) is 16.2. The first-order chi connectivity index (χ1) is 13.3. The first-order valence-corrected chi connectivity index (χ1v) is 11.8. The zero-order chi connectivity index (χ0) is 20.3. The first kappa shape index (κ1) is 21.7. The van der Waals surface area contributed by atoms with E-state index in [1.54, 1.807) is 6.20 Å². The molecule has 0 aliphatic carbocycles. The van der Waals surface area contributed by atoms with Gasteiger partial charge in [-0.1, -0.05) is 23.2 Å². The Hall–Kier alpha value is -0.990. The van der Waals surface area contributed by atoms with Gasteiger partial charge in [0.2, 0.25) is 10.0 Å². The molecule has 9 heteroatoms. The molecule has 150 valence electrons. The molecule has 2 aromatic rings. The second-order valence-electron chi connectivity index (χ2n) is 6.72. The molecule has 0 spiro atoms. The van der Waals surface area contributed by atoms with Gasteiger partial charge in [0.15, 0.2) is 0 Å². The summed E-state index contributed by atoms with van der Waals surface area (Å²) in [5, 5.41) is 0.551. The van der Waals surface area contributed by atoms with Crippen LogP contribution in [0.5, 0.6) is 0 Å². The molecule has 1 aromatic heterocycles. The van der Waals surface area contributed by atoms with Gasteiger partial charge in [0.05, 0.1) is 4.90 Å². The standard InChI is InChI=1S/C19H19BrCl2N2O3S/c20-14-1-2-17(23-12-14)3-4-19(25)13-5-7-24(8-6-13)28(26,27)18-10-15(21)9-16(22)11-18/h1-2,9-13H,3-8H2. The third-order valence-corrected chi connectivity index (χ3v) is 7.58. The molecule has 1 fully saturated rings. The van der Waals surface area contributed by atoms with Crippen LogP contribution in [0.15, 0.2) is 45.9 Å². The number of pyridine rings is 1. The number of hydrogen-bond donors (Lipinski definition) is 0. The Bertz CT molecular complexity index is 939. The number of nitrogens with zero attached hydrogens (tertiary/aromatic N) is 2. The Morgan fingerprint density at radius 2 is 1.79 bits per heavy atom. The van der Waals surface area contributed by atoms with Crippen molar-refractivity contribution in [3.05, 3.63) is 56.7 Å². The van der Waals surface area contributed by atoms with Gasteiger partial charge < -0.3 is 0 Å². The van der Waals surface area contributed by atoms with E-state index in [-0.39, 0.29) is 26.6 Å². The van der Waals surface area contributed by atoms with Crippen LogP contribution in [0, 0.1) is 5.92 Å². The van der Waals surface area contributed by atoms with Crippen molar-refractivity contribution in [2.75, 3.05) is 13.1 Å². The van der Waals surface area contributed by atoms with E-state index in [9.17, 15) is 13.2 Å². The second-order valence-corrected chi connectivity index (χ2v) is 10.4. The number of carbonyl (C=O) groups is 1. The summed E-state index contributed by atoms with van der Waals surface area (Å²) in [5.41, 5.74) is 0.870. The van der Waals surface area contributed by atoms with Gasteiger partial charge in [0.25, 0.3) is 0 Å². The fourth-order valence-corrected chi connectivity index (χ4v) is 5.69. The van der Waals surface area contributed by atoms with Crippen LogP contribution in [0.3, 0.4) is 0 Å². The monoisotopic (exact) mass is 504 g/mol. The van der Waals surface area contributed by atoms with Gasteiger partial charge in [-0.3, -0.25) is 9.78 Å². The summed E-state index contributed by atoms with van der Waals surface area (Å²) in [6, 6.07) is 8.07. The van der Waals surface area contributed by atoms with Gasteiger partial charge in [-0.05, 0) is 65.5 Å². The molecule has 0 N–H and O–H groups in total. The van der Waals surface area contributed by atoms with Crippen molar-refractivity contribution in [2.24, 2.45) is 5.92 Å². The lowest BCUT2D eigenvalue weighted by atomic mass is 9.91. The molecule has 0 amide bonds. The van der Waals surface area contributed by atoms with Gasteiger partial charge >= 0.3 is 0 Å². The van der Waals surface area contributed by atoms with Crippen molar-refractivity contribution in [3.63, 3.8) is 0 Å². The first-order valence-electron chi connectivity index (χ1n) is 8.85. The maximum absolute atomic E-state index is 12.8. The molecule has 1 aromatic carbocycles. The van der Waals surface area contributed by atoms with E-state index in [0.29, 0.717) is 38.8 Å². The molecule has 5 nitrogen and oxygen atoms in total. The van der Waals surface area contributed by atoms with E-state index in [4.69, 9.17) is 23.2 Å². The number of halogens is 3. The van der Waals surface area contributed by atoms with E-state index < -0.39 is 10.0 Å². The topological polar surface area (TPSA) is 67.3 Å². The lowest BCUT2D eigenvalue weighted by Crippen LogP contribution is -2.40.